The summed E-state index contributed by atoms with van der Waals surface area (Å²) < 4.78 is 11.1. The van der Waals surface area contributed by atoms with Gasteiger partial charge in [0, 0.05) is 13.0 Å². The van der Waals surface area contributed by atoms with E-state index in [0.717, 1.165) is 31.6 Å². The zero-order chi connectivity index (χ0) is 11.2. The van der Waals surface area contributed by atoms with Gasteiger partial charge in [-0.2, -0.15) is 0 Å². The summed E-state index contributed by atoms with van der Waals surface area (Å²) in [6.07, 6.45) is 2.87. The normalized spacial score (nSPS) is 19.9. The molecule has 1 aliphatic rings. The molecule has 1 unspecified atom stereocenters. The lowest BCUT2D eigenvalue weighted by Gasteiger charge is -2.12. The van der Waals surface area contributed by atoms with Crippen LogP contribution in [0.1, 0.15) is 18.4 Å². The third-order valence-corrected chi connectivity index (χ3v) is 2.71. The molecule has 1 aromatic carbocycles. The van der Waals surface area contributed by atoms with Gasteiger partial charge in [0.1, 0.15) is 11.9 Å². The summed E-state index contributed by atoms with van der Waals surface area (Å²) in [6.45, 7) is 1.73. The quantitative estimate of drug-likeness (QED) is 0.825. The maximum absolute atomic E-state index is 8.78. The Morgan fingerprint density at radius 2 is 2.38 bits per heavy atom. The lowest BCUT2D eigenvalue weighted by molar-refractivity contribution is 0.141. The Labute approximate surface area is 96.0 Å². The molecule has 0 saturated carbocycles. The second-order valence-corrected chi connectivity index (χ2v) is 4.08. The van der Waals surface area contributed by atoms with Crippen LogP contribution in [0.5, 0.6) is 5.75 Å². The molecule has 1 saturated heterocycles. The average molecular weight is 222 g/mol. The first-order valence-electron chi connectivity index (χ1n) is 5.82. The Bertz CT molecular complexity index is 319. The Balaban J connectivity index is 1.92. The van der Waals surface area contributed by atoms with Crippen LogP contribution in [0.2, 0.25) is 0 Å². The molecule has 3 nitrogen and oxygen atoms in total. The Morgan fingerprint density at radius 3 is 3.12 bits per heavy atom. The Kier molecular flexibility index (Phi) is 4.19. The van der Waals surface area contributed by atoms with Gasteiger partial charge >= 0.3 is 0 Å². The highest BCUT2D eigenvalue weighted by Crippen LogP contribution is 2.19. The zero-order valence-electron chi connectivity index (χ0n) is 9.39. The molecule has 1 aliphatic heterocycles. The van der Waals surface area contributed by atoms with Gasteiger partial charge in [0.05, 0.1) is 13.2 Å². The minimum atomic E-state index is 0.202. The van der Waals surface area contributed by atoms with Crippen LogP contribution in [0.3, 0.4) is 0 Å². The Morgan fingerprint density at radius 1 is 1.44 bits per heavy atom. The number of benzene rings is 1. The summed E-state index contributed by atoms with van der Waals surface area (Å²) in [7, 11) is 0. The SMILES string of the molecule is OCCCc1cccc(OC2CCOC2)c1. The number of hydrogen-bond donors (Lipinski definition) is 1. The van der Waals surface area contributed by atoms with E-state index < -0.39 is 0 Å². The molecule has 1 atom stereocenters. The molecule has 0 amide bonds. The van der Waals surface area contributed by atoms with Gasteiger partial charge in [-0.25, -0.2) is 0 Å². The van der Waals surface area contributed by atoms with Crippen LogP contribution in [0.4, 0.5) is 0 Å². The van der Waals surface area contributed by atoms with E-state index in [4.69, 9.17) is 14.6 Å². The number of hydrogen-bond acceptors (Lipinski definition) is 3. The molecule has 1 N–H and O–H groups in total. The molecule has 0 aromatic heterocycles. The summed E-state index contributed by atoms with van der Waals surface area (Å²) in [6, 6.07) is 8.08. The highest BCUT2D eigenvalue weighted by Gasteiger charge is 2.16. The van der Waals surface area contributed by atoms with E-state index in [1.165, 1.54) is 5.56 Å². The molecular weight excluding hydrogens is 204 g/mol. The molecular formula is C13H18O3. The van der Waals surface area contributed by atoms with E-state index in [9.17, 15) is 0 Å². The molecule has 2 rings (SSSR count). The number of rotatable bonds is 5. The fraction of sp³-hybridized carbons (Fsp3) is 0.538. The number of ether oxygens (including phenoxy) is 2. The van der Waals surface area contributed by atoms with Crippen molar-refractivity contribution in [3.05, 3.63) is 29.8 Å². The van der Waals surface area contributed by atoms with Gasteiger partial charge in [0.25, 0.3) is 0 Å². The summed E-state index contributed by atoms with van der Waals surface area (Å²) in [5.41, 5.74) is 1.21. The lowest BCUT2D eigenvalue weighted by atomic mass is 10.1. The summed E-state index contributed by atoms with van der Waals surface area (Å²) in [5.74, 6) is 0.908. The van der Waals surface area contributed by atoms with Crippen molar-refractivity contribution in [3.8, 4) is 5.75 Å². The van der Waals surface area contributed by atoms with Gasteiger partial charge in [-0.05, 0) is 30.5 Å². The van der Waals surface area contributed by atoms with Gasteiger partial charge in [-0.3, -0.25) is 0 Å². The molecule has 0 spiro atoms. The second-order valence-electron chi connectivity index (χ2n) is 4.08. The maximum atomic E-state index is 8.78. The van der Waals surface area contributed by atoms with Crippen molar-refractivity contribution in [1.82, 2.24) is 0 Å². The molecule has 3 heteroatoms. The zero-order valence-corrected chi connectivity index (χ0v) is 9.39. The van der Waals surface area contributed by atoms with Gasteiger partial charge in [-0.1, -0.05) is 12.1 Å². The Hall–Kier alpha value is -1.06. The maximum Gasteiger partial charge on any atom is 0.124 e. The monoisotopic (exact) mass is 222 g/mol. The van der Waals surface area contributed by atoms with Crippen LogP contribution in [0.25, 0.3) is 0 Å². The third-order valence-electron chi connectivity index (χ3n) is 2.71. The predicted molar refractivity (Wildman–Crippen MR) is 61.7 cm³/mol. The van der Waals surface area contributed by atoms with Crippen molar-refractivity contribution in [1.29, 1.82) is 0 Å². The first-order chi connectivity index (χ1) is 7.88. The fourth-order valence-electron chi connectivity index (χ4n) is 1.86. The minimum Gasteiger partial charge on any atom is -0.488 e. The van der Waals surface area contributed by atoms with Gasteiger partial charge < -0.3 is 14.6 Å². The lowest BCUT2D eigenvalue weighted by Crippen LogP contribution is -2.15. The van der Waals surface area contributed by atoms with E-state index in [-0.39, 0.29) is 12.7 Å². The van der Waals surface area contributed by atoms with Gasteiger partial charge in [0.2, 0.25) is 0 Å². The second kappa shape index (κ2) is 5.87. The van der Waals surface area contributed by atoms with Crippen LogP contribution >= 0.6 is 0 Å². The van der Waals surface area contributed by atoms with Crippen LogP contribution in [0.15, 0.2) is 24.3 Å². The molecule has 1 heterocycles. The van der Waals surface area contributed by atoms with E-state index in [0.29, 0.717) is 6.61 Å². The number of aliphatic hydroxyl groups is 1. The van der Waals surface area contributed by atoms with Crippen LogP contribution in [-0.4, -0.2) is 31.0 Å². The molecule has 0 aliphatic carbocycles. The van der Waals surface area contributed by atoms with E-state index in [2.05, 4.69) is 6.07 Å². The highest BCUT2D eigenvalue weighted by molar-refractivity contribution is 5.28. The van der Waals surface area contributed by atoms with Crippen molar-refractivity contribution in [2.24, 2.45) is 0 Å². The topological polar surface area (TPSA) is 38.7 Å². The standard InChI is InChI=1S/C13H18O3/c14-7-2-4-11-3-1-5-12(9-11)16-13-6-8-15-10-13/h1,3,5,9,13-14H,2,4,6-8,10H2. The van der Waals surface area contributed by atoms with Crippen LogP contribution in [0, 0.1) is 0 Å². The van der Waals surface area contributed by atoms with Crippen molar-refractivity contribution >= 4 is 0 Å². The average Bonchev–Trinajstić information content (AvgIpc) is 2.80. The van der Waals surface area contributed by atoms with E-state index in [1.807, 2.05) is 18.2 Å². The smallest absolute Gasteiger partial charge is 0.124 e. The first kappa shape index (κ1) is 11.4. The fourth-order valence-corrected chi connectivity index (χ4v) is 1.86. The third kappa shape index (κ3) is 3.22. The molecule has 16 heavy (non-hydrogen) atoms. The highest BCUT2D eigenvalue weighted by atomic mass is 16.5. The predicted octanol–water partition coefficient (Wildman–Crippen LogP) is 1.78. The van der Waals surface area contributed by atoms with Crippen LogP contribution in [-0.2, 0) is 11.2 Å². The van der Waals surface area contributed by atoms with Gasteiger partial charge in [0.15, 0.2) is 0 Å². The van der Waals surface area contributed by atoms with E-state index in [1.54, 1.807) is 0 Å². The van der Waals surface area contributed by atoms with Crippen LogP contribution < -0.4 is 4.74 Å². The molecule has 0 radical (unpaired) electrons. The van der Waals surface area contributed by atoms with Crippen molar-refractivity contribution < 1.29 is 14.6 Å². The van der Waals surface area contributed by atoms with E-state index >= 15 is 0 Å². The molecule has 1 fully saturated rings. The van der Waals surface area contributed by atoms with Crippen molar-refractivity contribution in [2.75, 3.05) is 19.8 Å². The minimum absolute atomic E-state index is 0.202. The number of aliphatic hydroxyl groups excluding tert-OH is 1. The summed E-state index contributed by atoms with van der Waals surface area (Å²) in [5, 5.41) is 8.78. The van der Waals surface area contributed by atoms with Gasteiger partial charge in [-0.15, -0.1) is 0 Å². The largest absolute Gasteiger partial charge is 0.488 e. The molecule has 1 aromatic rings. The number of aryl methyl sites for hydroxylation is 1. The first-order valence-corrected chi connectivity index (χ1v) is 5.82. The van der Waals surface area contributed by atoms with Crippen molar-refractivity contribution in [2.45, 2.75) is 25.4 Å². The summed E-state index contributed by atoms with van der Waals surface area (Å²) in [4.78, 5) is 0. The molecule has 88 valence electrons. The molecule has 0 bridgehead atoms. The van der Waals surface area contributed by atoms with Crippen molar-refractivity contribution in [3.63, 3.8) is 0 Å². The summed E-state index contributed by atoms with van der Waals surface area (Å²) >= 11 is 0.